The van der Waals surface area contributed by atoms with E-state index in [1.54, 1.807) is 12.1 Å². The number of aliphatic carboxylic acids is 1. The van der Waals surface area contributed by atoms with Gasteiger partial charge in [0.25, 0.3) is 0 Å². The van der Waals surface area contributed by atoms with Gasteiger partial charge in [0.1, 0.15) is 0 Å². The van der Waals surface area contributed by atoms with Crippen LogP contribution in [0.4, 0.5) is 0 Å². The maximum atomic E-state index is 10.6. The molecule has 0 spiro atoms. The van der Waals surface area contributed by atoms with Crippen LogP contribution in [0.1, 0.15) is 18.4 Å². The summed E-state index contributed by atoms with van der Waals surface area (Å²) in [6.45, 7) is 0.480. The summed E-state index contributed by atoms with van der Waals surface area (Å²) >= 11 is 0. The Morgan fingerprint density at radius 3 is 3.00 bits per heavy atom. The van der Waals surface area contributed by atoms with Gasteiger partial charge < -0.3 is 14.8 Å². The molecule has 20 heavy (non-hydrogen) atoms. The smallest absolute Gasteiger partial charge is 0.303 e. The third-order valence-electron chi connectivity index (χ3n) is 2.96. The van der Waals surface area contributed by atoms with Crippen LogP contribution in [0, 0.1) is 0 Å². The molecule has 0 aliphatic carbocycles. The second-order valence-electron chi connectivity index (χ2n) is 4.44. The fourth-order valence-corrected chi connectivity index (χ4v) is 1.93. The molecule has 0 saturated carbocycles. The van der Waals surface area contributed by atoms with Crippen molar-refractivity contribution in [1.29, 1.82) is 0 Å². The second kappa shape index (κ2) is 5.63. The number of carboxylic acids is 1. The molecule has 0 aromatic heterocycles. The second-order valence-corrected chi connectivity index (χ2v) is 4.44. The normalized spacial score (nSPS) is 21.9. The number of carbonyl (C=O) groups is 1. The highest BCUT2D eigenvalue weighted by atomic mass is 17.0. The van der Waals surface area contributed by atoms with Crippen molar-refractivity contribution in [2.24, 2.45) is 0 Å². The molecular formula is C12H14N2O6. The van der Waals surface area contributed by atoms with E-state index >= 15 is 0 Å². The highest BCUT2D eigenvalue weighted by Gasteiger charge is 2.33. The van der Waals surface area contributed by atoms with E-state index in [1.165, 1.54) is 5.23 Å². The molecule has 2 N–H and O–H groups in total. The van der Waals surface area contributed by atoms with E-state index < -0.39 is 12.2 Å². The predicted octanol–water partition coefficient (Wildman–Crippen LogP) is 0.790. The average molecular weight is 282 g/mol. The van der Waals surface area contributed by atoms with Crippen molar-refractivity contribution in [3.63, 3.8) is 0 Å². The van der Waals surface area contributed by atoms with Gasteiger partial charge in [0, 0.05) is 12.8 Å². The summed E-state index contributed by atoms with van der Waals surface area (Å²) in [5, 5.41) is 9.93. The summed E-state index contributed by atoms with van der Waals surface area (Å²) in [4.78, 5) is 31.6. The van der Waals surface area contributed by atoms with E-state index in [-0.39, 0.29) is 6.42 Å². The highest BCUT2D eigenvalue weighted by Crippen LogP contribution is 2.36. The van der Waals surface area contributed by atoms with Gasteiger partial charge in [0.15, 0.2) is 11.5 Å². The Balaban J connectivity index is 1.65. The molecule has 3 rings (SSSR count). The van der Waals surface area contributed by atoms with Gasteiger partial charge in [-0.25, -0.2) is 0 Å². The Morgan fingerprint density at radius 2 is 2.25 bits per heavy atom. The minimum Gasteiger partial charge on any atom is -0.481 e. The maximum absolute atomic E-state index is 10.6. The first-order chi connectivity index (χ1) is 9.72. The van der Waals surface area contributed by atoms with Gasteiger partial charge in [-0.1, -0.05) is 11.7 Å². The van der Waals surface area contributed by atoms with E-state index in [0.29, 0.717) is 30.9 Å². The molecule has 2 aliphatic rings. The van der Waals surface area contributed by atoms with Crippen LogP contribution in [0.2, 0.25) is 0 Å². The van der Waals surface area contributed by atoms with Crippen LogP contribution < -0.4 is 15.3 Å². The van der Waals surface area contributed by atoms with Gasteiger partial charge in [-0.15, -0.1) is 0 Å². The van der Waals surface area contributed by atoms with Crippen molar-refractivity contribution in [1.82, 2.24) is 10.9 Å². The standard InChI is InChI=1S/C12H14N2O6/c15-12(16)4-2-8-1-3-9-10(7-8)20-14(19-9)11-5-6-17-13-18-11/h1,3,7,11,13H,2,4-6H2,(H,15,16). The van der Waals surface area contributed by atoms with Gasteiger partial charge in [-0.05, 0) is 24.1 Å². The molecule has 0 radical (unpaired) electrons. The first kappa shape index (κ1) is 13.1. The van der Waals surface area contributed by atoms with E-state index in [1.807, 2.05) is 6.07 Å². The Morgan fingerprint density at radius 1 is 1.40 bits per heavy atom. The van der Waals surface area contributed by atoms with Gasteiger partial charge >= 0.3 is 5.97 Å². The van der Waals surface area contributed by atoms with Crippen LogP contribution in [-0.2, 0) is 20.9 Å². The van der Waals surface area contributed by atoms with Crippen molar-refractivity contribution in [3.05, 3.63) is 23.8 Å². The monoisotopic (exact) mass is 282 g/mol. The number of hydrogen-bond donors (Lipinski definition) is 2. The van der Waals surface area contributed by atoms with Gasteiger partial charge in [-0.3, -0.25) is 14.5 Å². The minimum atomic E-state index is -0.828. The van der Waals surface area contributed by atoms with Crippen molar-refractivity contribution in [2.75, 3.05) is 6.61 Å². The topological polar surface area (TPSA) is 89.5 Å². The van der Waals surface area contributed by atoms with Crippen LogP contribution in [0.25, 0.3) is 0 Å². The summed E-state index contributed by atoms with van der Waals surface area (Å²) in [6, 6.07) is 5.34. The Labute approximate surface area is 114 Å². The molecule has 1 atom stereocenters. The molecule has 1 aromatic rings. The van der Waals surface area contributed by atoms with Crippen molar-refractivity contribution >= 4 is 5.97 Å². The predicted molar refractivity (Wildman–Crippen MR) is 64.1 cm³/mol. The highest BCUT2D eigenvalue weighted by molar-refractivity contribution is 5.67. The van der Waals surface area contributed by atoms with Crippen LogP contribution in [-0.4, -0.2) is 29.1 Å². The number of fused-ring (bicyclic) bond motifs is 1. The van der Waals surface area contributed by atoms with E-state index in [2.05, 4.69) is 5.64 Å². The third kappa shape index (κ3) is 2.83. The average Bonchev–Trinajstić information content (AvgIpc) is 2.89. The molecule has 0 bridgehead atoms. The number of hydrogen-bond acceptors (Lipinski definition) is 7. The van der Waals surface area contributed by atoms with Crippen molar-refractivity contribution < 1.29 is 29.3 Å². The lowest BCUT2D eigenvalue weighted by molar-refractivity contribution is -0.376. The van der Waals surface area contributed by atoms with Crippen molar-refractivity contribution in [2.45, 2.75) is 25.5 Å². The maximum Gasteiger partial charge on any atom is 0.303 e. The summed E-state index contributed by atoms with van der Waals surface area (Å²) in [7, 11) is 0. The summed E-state index contributed by atoms with van der Waals surface area (Å²) < 4.78 is 0. The Bertz CT molecular complexity index is 503. The number of benzene rings is 1. The lowest BCUT2D eigenvalue weighted by Gasteiger charge is -2.26. The molecular weight excluding hydrogens is 268 g/mol. The summed E-state index contributed by atoms with van der Waals surface area (Å²) in [6.07, 6.45) is 0.698. The number of aryl methyl sites for hydroxylation is 1. The molecule has 108 valence electrons. The summed E-state index contributed by atoms with van der Waals surface area (Å²) in [5.41, 5.74) is 3.19. The molecule has 2 aliphatic heterocycles. The van der Waals surface area contributed by atoms with Crippen LogP contribution >= 0.6 is 0 Å². The number of nitrogens with zero attached hydrogens (tertiary/aromatic N) is 1. The molecule has 8 nitrogen and oxygen atoms in total. The number of rotatable bonds is 4. The largest absolute Gasteiger partial charge is 0.481 e. The SMILES string of the molecule is O=C(O)CCc1ccc2c(c1)ON(C1CCONO1)O2. The zero-order chi connectivity index (χ0) is 13.9. The zero-order valence-electron chi connectivity index (χ0n) is 10.6. The Hall–Kier alpha value is -1.87. The minimum absolute atomic E-state index is 0.0797. The van der Waals surface area contributed by atoms with Crippen LogP contribution in [0.3, 0.4) is 0 Å². The van der Waals surface area contributed by atoms with Crippen molar-refractivity contribution in [3.8, 4) is 11.5 Å². The fraction of sp³-hybridized carbons (Fsp3) is 0.417. The van der Waals surface area contributed by atoms with Gasteiger partial charge in [0.2, 0.25) is 6.23 Å². The lowest BCUT2D eigenvalue weighted by Crippen LogP contribution is -2.46. The number of carboxylic acid groups (broad SMARTS) is 1. The Kier molecular flexibility index (Phi) is 3.70. The van der Waals surface area contributed by atoms with E-state index in [0.717, 1.165) is 5.56 Å². The molecule has 2 heterocycles. The molecule has 1 unspecified atom stereocenters. The first-order valence-electron chi connectivity index (χ1n) is 6.25. The van der Waals surface area contributed by atoms with Crippen LogP contribution in [0.15, 0.2) is 18.2 Å². The number of nitrogens with one attached hydrogen (secondary N) is 1. The number of hydroxylamine groups is 2. The fourth-order valence-electron chi connectivity index (χ4n) is 1.93. The zero-order valence-corrected chi connectivity index (χ0v) is 10.6. The first-order valence-corrected chi connectivity index (χ1v) is 6.25. The molecule has 0 amide bonds. The van der Waals surface area contributed by atoms with E-state index in [9.17, 15) is 4.79 Å². The quantitative estimate of drug-likeness (QED) is 0.837. The molecule has 8 heteroatoms. The molecule has 1 saturated heterocycles. The van der Waals surface area contributed by atoms with Gasteiger partial charge in [-0.2, -0.15) is 0 Å². The lowest BCUT2D eigenvalue weighted by atomic mass is 10.1. The summed E-state index contributed by atoms with van der Waals surface area (Å²) in [5.74, 6) is 0.285. The van der Waals surface area contributed by atoms with Gasteiger partial charge in [0.05, 0.1) is 11.8 Å². The third-order valence-corrected chi connectivity index (χ3v) is 2.96. The molecule has 1 fully saturated rings. The van der Waals surface area contributed by atoms with E-state index in [4.69, 9.17) is 24.5 Å². The molecule has 1 aromatic carbocycles. The van der Waals surface area contributed by atoms with Crippen LogP contribution in [0.5, 0.6) is 11.5 Å².